The largest absolute Gasteiger partial charge is 0.368 e. The SMILES string of the molecule is CCCOC1(Cn2cc3nc(-c4cccc(F)c4F)nc-3cn2)C=CC(c2ccccc2)=C([N+](=O)[O-])C1. The molecule has 0 bridgehead atoms. The zero-order valence-corrected chi connectivity index (χ0v) is 20.0. The molecule has 5 rings (SSSR count). The Bertz CT molecular complexity index is 1480. The Morgan fingerprint density at radius 1 is 1.11 bits per heavy atom. The summed E-state index contributed by atoms with van der Waals surface area (Å²) in [5.41, 5.74) is 1.13. The fourth-order valence-corrected chi connectivity index (χ4v) is 4.39. The molecule has 0 fully saturated rings. The summed E-state index contributed by atoms with van der Waals surface area (Å²) >= 11 is 0. The quantitative estimate of drug-likeness (QED) is 0.232. The molecule has 1 atom stereocenters. The molecule has 188 valence electrons. The summed E-state index contributed by atoms with van der Waals surface area (Å²) in [5, 5.41) is 16.5. The summed E-state index contributed by atoms with van der Waals surface area (Å²) in [7, 11) is 0. The van der Waals surface area contributed by atoms with Gasteiger partial charge in [-0.25, -0.2) is 18.7 Å². The lowest BCUT2D eigenvalue weighted by Crippen LogP contribution is -2.39. The molecule has 0 N–H and O–H groups in total. The van der Waals surface area contributed by atoms with Gasteiger partial charge in [0.25, 0.3) is 5.70 Å². The molecule has 2 aliphatic heterocycles. The lowest BCUT2D eigenvalue weighted by Gasteiger charge is -2.33. The second-order valence-electron chi connectivity index (χ2n) is 8.80. The van der Waals surface area contributed by atoms with Crippen molar-refractivity contribution in [3.63, 3.8) is 0 Å². The van der Waals surface area contributed by atoms with Gasteiger partial charge < -0.3 is 4.74 Å². The minimum absolute atomic E-state index is 0.0416. The van der Waals surface area contributed by atoms with Crippen LogP contribution in [-0.4, -0.2) is 36.9 Å². The highest BCUT2D eigenvalue weighted by molar-refractivity contribution is 5.77. The number of imidazole rings is 1. The Morgan fingerprint density at radius 3 is 2.65 bits per heavy atom. The van der Waals surface area contributed by atoms with E-state index >= 15 is 0 Å². The average molecular weight is 504 g/mol. The highest BCUT2D eigenvalue weighted by Gasteiger charge is 2.39. The average Bonchev–Trinajstić information content (AvgIpc) is 3.33. The third-order valence-corrected chi connectivity index (χ3v) is 6.17. The van der Waals surface area contributed by atoms with E-state index in [1.807, 2.05) is 43.3 Å². The van der Waals surface area contributed by atoms with Gasteiger partial charge in [0, 0.05) is 6.61 Å². The Morgan fingerprint density at radius 2 is 1.89 bits per heavy atom. The van der Waals surface area contributed by atoms with Crippen LogP contribution >= 0.6 is 0 Å². The van der Waals surface area contributed by atoms with Gasteiger partial charge in [0.15, 0.2) is 17.5 Å². The van der Waals surface area contributed by atoms with Gasteiger partial charge in [-0.05, 0) is 36.3 Å². The molecule has 8 nitrogen and oxygen atoms in total. The fourth-order valence-electron chi connectivity index (χ4n) is 4.39. The lowest BCUT2D eigenvalue weighted by molar-refractivity contribution is -0.429. The van der Waals surface area contributed by atoms with Crippen LogP contribution in [0.25, 0.3) is 28.3 Å². The molecular formula is C27H23F2N5O3. The van der Waals surface area contributed by atoms with Gasteiger partial charge in [-0.15, -0.1) is 0 Å². The van der Waals surface area contributed by atoms with E-state index in [9.17, 15) is 18.9 Å². The first-order valence-corrected chi connectivity index (χ1v) is 11.8. The van der Waals surface area contributed by atoms with Crippen molar-refractivity contribution in [3.05, 3.63) is 106 Å². The number of benzene rings is 2. The number of nitrogens with zero attached hydrogens (tertiary/aromatic N) is 5. The molecule has 3 aliphatic rings. The maximum atomic E-state index is 14.3. The summed E-state index contributed by atoms with van der Waals surface area (Å²) in [6.45, 7) is 2.54. The zero-order valence-electron chi connectivity index (χ0n) is 20.0. The predicted molar refractivity (Wildman–Crippen MR) is 133 cm³/mol. The minimum Gasteiger partial charge on any atom is -0.368 e. The Hall–Kier alpha value is -4.31. The number of hydrogen-bond donors (Lipinski definition) is 0. The van der Waals surface area contributed by atoms with Crippen molar-refractivity contribution < 1.29 is 18.4 Å². The standard InChI is InChI=1S/C27H23F2N5O3/c1-2-13-37-27(12-11-19(24(14-27)34(35)36)18-7-4-3-5-8-18)17-33-16-23-22(15-30-33)31-26(32-23)20-9-6-10-21(28)25(20)29/h3-12,15-16H,2,13-14,17H2,1H3. The van der Waals surface area contributed by atoms with Crippen LogP contribution in [0.4, 0.5) is 8.78 Å². The Kier molecular flexibility index (Phi) is 6.58. The summed E-state index contributed by atoms with van der Waals surface area (Å²) in [5.74, 6) is -1.96. The van der Waals surface area contributed by atoms with Gasteiger partial charge in [-0.3, -0.25) is 14.8 Å². The molecular weight excluding hydrogens is 480 g/mol. The van der Waals surface area contributed by atoms with Gasteiger partial charge in [0.05, 0.1) is 41.4 Å². The molecule has 10 heteroatoms. The monoisotopic (exact) mass is 503 g/mol. The highest BCUT2D eigenvalue weighted by Crippen LogP contribution is 2.37. The van der Waals surface area contributed by atoms with Crippen LogP contribution < -0.4 is 0 Å². The van der Waals surface area contributed by atoms with E-state index in [0.717, 1.165) is 18.1 Å². The molecule has 2 aromatic rings. The van der Waals surface area contributed by atoms with E-state index in [2.05, 4.69) is 15.1 Å². The number of allylic oxidation sites excluding steroid dienone is 2. The van der Waals surface area contributed by atoms with E-state index in [1.54, 1.807) is 17.0 Å². The fraction of sp³-hybridized carbons (Fsp3) is 0.222. The molecule has 0 amide bonds. The third kappa shape index (κ3) is 4.88. The van der Waals surface area contributed by atoms with E-state index in [-0.39, 0.29) is 35.0 Å². The van der Waals surface area contributed by atoms with Gasteiger partial charge >= 0.3 is 0 Å². The van der Waals surface area contributed by atoms with Crippen LogP contribution in [0.5, 0.6) is 0 Å². The van der Waals surface area contributed by atoms with E-state index in [1.165, 1.54) is 18.3 Å². The number of ether oxygens (including phenoxy) is 1. The molecule has 2 heterocycles. The first kappa shape index (κ1) is 24.4. The van der Waals surface area contributed by atoms with Gasteiger partial charge in [0.2, 0.25) is 0 Å². The Balaban J connectivity index is 1.49. The molecule has 2 aromatic carbocycles. The molecule has 37 heavy (non-hydrogen) atoms. The van der Waals surface area contributed by atoms with Crippen molar-refractivity contribution >= 4 is 5.57 Å². The predicted octanol–water partition coefficient (Wildman–Crippen LogP) is 5.54. The van der Waals surface area contributed by atoms with E-state index < -0.39 is 17.2 Å². The summed E-state index contributed by atoms with van der Waals surface area (Å²) in [4.78, 5) is 20.4. The van der Waals surface area contributed by atoms with Crippen LogP contribution in [0.1, 0.15) is 25.3 Å². The molecule has 1 aliphatic carbocycles. The summed E-state index contributed by atoms with van der Waals surface area (Å²) in [6, 6.07) is 13.0. The summed E-state index contributed by atoms with van der Waals surface area (Å²) < 4.78 is 35.7. The van der Waals surface area contributed by atoms with Crippen molar-refractivity contribution in [2.45, 2.75) is 31.9 Å². The van der Waals surface area contributed by atoms with Crippen LogP contribution in [0.2, 0.25) is 0 Å². The normalized spacial score (nSPS) is 17.5. The van der Waals surface area contributed by atoms with E-state index in [4.69, 9.17) is 4.74 Å². The van der Waals surface area contributed by atoms with Crippen LogP contribution in [0.15, 0.2) is 78.8 Å². The van der Waals surface area contributed by atoms with Crippen molar-refractivity contribution in [2.24, 2.45) is 0 Å². The molecule has 0 aromatic heterocycles. The molecule has 0 saturated heterocycles. The Labute approximate surface area is 211 Å². The summed E-state index contributed by atoms with van der Waals surface area (Å²) in [6.07, 6.45) is 7.45. The highest BCUT2D eigenvalue weighted by atomic mass is 19.2. The smallest absolute Gasteiger partial charge is 0.257 e. The van der Waals surface area contributed by atoms with Crippen molar-refractivity contribution in [1.82, 2.24) is 19.7 Å². The molecule has 0 spiro atoms. The van der Waals surface area contributed by atoms with Crippen LogP contribution in [-0.2, 0) is 11.3 Å². The molecule has 1 unspecified atom stereocenters. The first-order chi connectivity index (χ1) is 17.9. The number of nitro groups is 1. The number of hydrogen-bond acceptors (Lipinski definition) is 6. The number of rotatable bonds is 8. The van der Waals surface area contributed by atoms with Crippen molar-refractivity contribution in [1.29, 1.82) is 0 Å². The second-order valence-corrected chi connectivity index (χ2v) is 8.80. The maximum absolute atomic E-state index is 14.3. The zero-order chi connectivity index (χ0) is 26.0. The number of halogens is 2. The van der Waals surface area contributed by atoms with Gasteiger partial charge in [-0.1, -0.05) is 43.3 Å². The number of aromatic nitrogens is 4. The maximum Gasteiger partial charge on any atom is 0.257 e. The lowest BCUT2D eigenvalue weighted by atomic mass is 9.86. The second kappa shape index (κ2) is 9.98. The number of fused-ring (bicyclic) bond motifs is 1. The van der Waals surface area contributed by atoms with Crippen molar-refractivity contribution in [3.8, 4) is 22.8 Å². The van der Waals surface area contributed by atoms with Gasteiger partial charge in [0.1, 0.15) is 17.0 Å². The van der Waals surface area contributed by atoms with Crippen LogP contribution in [0, 0.1) is 21.7 Å². The van der Waals surface area contributed by atoms with E-state index in [0.29, 0.717) is 23.6 Å². The van der Waals surface area contributed by atoms with Crippen molar-refractivity contribution in [2.75, 3.05) is 6.61 Å². The minimum atomic E-state index is -1.02. The molecule has 0 radical (unpaired) electrons. The van der Waals surface area contributed by atoms with Gasteiger partial charge in [-0.2, -0.15) is 5.10 Å². The topological polar surface area (TPSA) is 96.0 Å². The molecule has 0 saturated carbocycles. The van der Waals surface area contributed by atoms with Crippen LogP contribution in [0.3, 0.4) is 0 Å². The third-order valence-electron chi connectivity index (χ3n) is 6.17. The first-order valence-electron chi connectivity index (χ1n) is 11.8.